The Balaban J connectivity index is 1.64. The van der Waals surface area contributed by atoms with E-state index in [0.29, 0.717) is 24.1 Å². The second kappa shape index (κ2) is 5.42. The molecule has 0 unspecified atom stereocenters. The van der Waals surface area contributed by atoms with Gasteiger partial charge in [-0.25, -0.2) is 4.68 Å². The molecule has 6 nitrogen and oxygen atoms in total. The summed E-state index contributed by atoms with van der Waals surface area (Å²) in [4.78, 5) is 14.8. The van der Waals surface area contributed by atoms with Crippen LogP contribution in [0.5, 0.6) is 0 Å². The van der Waals surface area contributed by atoms with E-state index in [9.17, 15) is 10.1 Å². The van der Waals surface area contributed by atoms with Gasteiger partial charge in [-0.05, 0) is 56.0 Å². The van der Waals surface area contributed by atoms with Crippen molar-refractivity contribution in [2.45, 2.75) is 45.8 Å². The van der Waals surface area contributed by atoms with Gasteiger partial charge < -0.3 is 0 Å². The molecule has 23 heavy (non-hydrogen) atoms. The van der Waals surface area contributed by atoms with Crippen molar-refractivity contribution < 1.29 is 4.92 Å². The molecule has 0 aromatic carbocycles. The van der Waals surface area contributed by atoms with Gasteiger partial charge in [0.25, 0.3) is 0 Å². The summed E-state index contributed by atoms with van der Waals surface area (Å²) in [5.41, 5.74) is 2.78. The minimum atomic E-state index is -0.320. The summed E-state index contributed by atoms with van der Waals surface area (Å²) in [6.07, 6.45) is 3.64. The maximum Gasteiger partial charge on any atom is 0.312 e. The van der Waals surface area contributed by atoms with Gasteiger partial charge in [-0.3, -0.25) is 15.0 Å². The third kappa shape index (κ3) is 2.48. The molecule has 2 aliphatic rings. The van der Waals surface area contributed by atoms with Crippen molar-refractivity contribution in [1.82, 2.24) is 14.7 Å². The Kier molecular flexibility index (Phi) is 3.50. The van der Waals surface area contributed by atoms with E-state index < -0.39 is 0 Å². The first-order valence-corrected chi connectivity index (χ1v) is 8.93. The van der Waals surface area contributed by atoms with E-state index in [1.807, 2.05) is 11.3 Å². The molecule has 1 fully saturated rings. The summed E-state index contributed by atoms with van der Waals surface area (Å²) in [5, 5.41) is 17.8. The molecule has 7 heteroatoms. The van der Waals surface area contributed by atoms with E-state index in [0.717, 1.165) is 18.9 Å². The number of aromatic nitrogens is 2. The third-order valence-electron chi connectivity index (χ3n) is 5.03. The first kappa shape index (κ1) is 14.8. The number of fused-ring (bicyclic) bond motifs is 1. The molecule has 3 heterocycles. The summed E-state index contributed by atoms with van der Waals surface area (Å²) in [7, 11) is 0. The van der Waals surface area contributed by atoms with Crippen LogP contribution < -0.4 is 0 Å². The van der Waals surface area contributed by atoms with E-state index in [1.165, 1.54) is 23.3 Å². The quantitative estimate of drug-likeness (QED) is 0.635. The fraction of sp³-hybridized carbons (Fsp3) is 0.562. The largest absolute Gasteiger partial charge is 0.312 e. The van der Waals surface area contributed by atoms with Crippen molar-refractivity contribution in [3.63, 3.8) is 0 Å². The molecule has 2 aromatic rings. The smallest absolute Gasteiger partial charge is 0.277 e. The maximum atomic E-state index is 11.2. The Hall–Kier alpha value is -1.73. The third-order valence-corrected chi connectivity index (χ3v) is 6.02. The lowest BCUT2D eigenvalue weighted by atomic mass is 9.96. The van der Waals surface area contributed by atoms with Crippen molar-refractivity contribution in [2.75, 3.05) is 6.54 Å². The molecular formula is C16H20N4O2S. The second-order valence-electron chi connectivity index (χ2n) is 6.56. The van der Waals surface area contributed by atoms with E-state index in [2.05, 4.69) is 21.4 Å². The van der Waals surface area contributed by atoms with Gasteiger partial charge in [-0.1, -0.05) is 0 Å². The number of rotatable bonds is 4. The van der Waals surface area contributed by atoms with E-state index in [1.54, 1.807) is 18.5 Å². The second-order valence-corrected chi connectivity index (χ2v) is 7.56. The monoisotopic (exact) mass is 332 g/mol. The minimum Gasteiger partial charge on any atom is -0.277 e. The lowest BCUT2D eigenvalue weighted by molar-refractivity contribution is -0.386. The van der Waals surface area contributed by atoms with Crippen molar-refractivity contribution in [2.24, 2.45) is 5.92 Å². The van der Waals surface area contributed by atoms with Crippen LogP contribution in [-0.4, -0.2) is 26.1 Å². The van der Waals surface area contributed by atoms with Gasteiger partial charge in [0, 0.05) is 17.5 Å². The fourth-order valence-corrected chi connectivity index (χ4v) is 4.70. The van der Waals surface area contributed by atoms with Crippen molar-refractivity contribution >= 4 is 17.0 Å². The van der Waals surface area contributed by atoms with Crippen LogP contribution in [0.2, 0.25) is 0 Å². The molecule has 4 rings (SSSR count). The van der Waals surface area contributed by atoms with Gasteiger partial charge in [-0.2, -0.15) is 5.10 Å². The number of hydrogen-bond donors (Lipinski definition) is 0. The van der Waals surface area contributed by atoms with Crippen molar-refractivity contribution in [1.29, 1.82) is 0 Å². The molecule has 2 aromatic heterocycles. The Bertz CT molecular complexity index is 762. The lowest BCUT2D eigenvalue weighted by Gasteiger charge is -2.36. The average molecular weight is 332 g/mol. The van der Waals surface area contributed by atoms with Gasteiger partial charge >= 0.3 is 5.69 Å². The summed E-state index contributed by atoms with van der Waals surface area (Å²) in [6, 6.07) is 2.71. The zero-order valence-corrected chi connectivity index (χ0v) is 14.2. The van der Waals surface area contributed by atoms with Crippen LogP contribution in [0.4, 0.5) is 5.69 Å². The molecule has 0 spiro atoms. The highest BCUT2D eigenvalue weighted by Crippen LogP contribution is 2.48. The molecule has 1 aliphatic heterocycles. The van der Waals surface area contributed by atoms with Crippen molar-refractivity contribution in [3.05, 3.63) is 43.4 Å². The van der Waals surface area contributed by atoms with Crippen LogP contribution >= 0.6 is 11.3 Å². The molecule has 1 saturated carbocycles. The molecule has 0 bridgehead atoms. The number of aryl methyl sites for hydroxylation is 1. The maximum absolute atomic E-state index is 11.2. The topological polar surface area (TPSA) is 64.2 Å². The molecule has 0 N–H and O–H groups in total. The van der Waals surface area contributed by atoms with E-state index in [-0.39, 0.29) is 10.6 Å². The Labute approximate surface area is 138 Å². The molecule has 0 amide bonds. The molecular weight excluding hydrogens is 312 g/mol. The summed E-state index contributed by atoms with van der Waals surface area (Å²) < 4.78 is 1.81. The van der Waals surface area contributed by atoms with Crippen LogP contribution in [0.3, 0.4) is 0 Å². The van der Waals surface area contributed by atoms with Gasteiger partial charge in [0.2, 0.25) is 0 Å². The highest BCUT2D eigenvalue weighted by molar-refractivity contribution is 7.10. The highest BCUT2D eigenvalue weighted by Gasteiger charge is 2.40. The fourth-order valence-electron chi connectivity index (χ4n) is 3.78. The number of thiophene rings is 1. The lowest BCUT2D eigenvalue weighted by Crippen LogP contribution is -2.37. The van der Waals surface area contributed by atoms with Crippen molar-refractivity contribution in [3.8, 4) is 0 Å². The molecule has 122 valence electrons. The normalized spacial score (nSPS) is 21.4. The zero-order chi connectivity index (χ0) is 16.1. The van der Waals surface area contributed by atoms with Crippen LogP contribution in [0.25, 0.3) is 0 Å². The van der Waals surface area contributed by atoms with Gasteiger partial charge in [0.05, 0.1) is 11.6 Å². The SMILES string of the molecule is Cc1nn(CN2CCc3sccc3[C@H]2C2CC2)c(C)c1[N+](=O)[O-]. The standard InChI is InChI=1S/C16H20N4O2S/c1-10-15(20(21)22)11(2)19(17-10)9-18-7-5-14-13(6-8-23-14)16(18)12-3-4-12/h6,8,12,16H,3-5,7,9H2,1-2H3/t16-/m1/s1. The zero-order valence-electron chi connectivity index (χ0n) is 13.4. The summed E-state index contributed by atoms with van der Waals surface area (Å²) in [6.45, 7) is 5.15. The van der Waals surface area contributed by atoms with E-state index >= 15 is 0 Å². The minimum absolute atomic E-state index is 0.154. The Morgan fingerprint density at radius 3 is 2.87 bits per heavy atom. The van der Waals surface area contributed by atoms with Crippen LogP contribution in [0, 0.1) is 29.9 Å². The molecule has 1 atom stereocenters. The number of hydrogen-bond acceptors (Lipinski definition) is 5. The molecule has 1 aliphatic carbocycles. The summed E-state index contributed by atoms with van der Waals surface area (Å²) in [5.74, 6) is 0.732. The van der Waals surface area contributed by atoms with Gasteiger partial charge in [-0.15, -0.1) is 11.3 Å². The van der Waals surface area contributed by atoms with Crippen LogP contribution in [0.15, 0.2) is 11.4 Å². The van der Waals surface area contributed by atoms with Gasteiger partial charge in [0.15, 0.2) is 0 Å². The highest BCUT2D eigenvalue weighted by atomic mass is 32.1. The molecule has 0 saturated heterocycles. The Morgan fingerprint density at radius 1 is 1.43 bits per heavy atom. The average Bonchev–Trinajstić information content (AvgIpc) is 3.14. The van der Waals surface area contributed by atoms with Crippen LogP contribution in [-0.2, 0) is 13.1 Å². The summed E-state index contributed by atoms with van der Waals surface area (Å²) >= 11 is 1.86. The predicted octanol–water partition coefficient (Wildman–Crippen LogP) is 3.44. The van der Waals surface area contributed by atoms with Gasteiger partial charge in [0.1, 0.15) is 11.4 Å². The van der Waals surface area contributed by atoms with Crippen LogP contribution in [0.1, 0.15) is 40.7 Å². The van der Waals surface area contributed by atoms with E-state index in [4.69, 9.17) is 0 Å². The number of nitrogens with zero attached hydrogens (tertiary/aromatic N) is 4. The Morgan fingerprint density at radius 2 is 2.22 bits per heavy atom. The number of nitro groups is 1. The predicted molar refractivity (Wildman–Crippen MR) is 88.5 cm³/mol. The first-order chi connectivity index (χ1) is 11.1. The first-order valence-electron chi connectivity index (χ1n) is 8.05. The molecule has 0 radical (unpaired) electrons.